The molecular formula is C18H31N5O. The highest BCUT2D eigenvalue weighted by Crippen LogP contribution is 2.51. The van der Waals surface area contributed by atoms with Crippen LogP contribution in [0.15, 0.2) is 0 Å². The number of carbonyl (C=O) groups excluding carboxylic acids is 1. The smallest absolute Gasteiger partial charge is 0.318 e. The summed E-state index contributed by atoms with van der Waals surface area (Å²) < 4.78 is 0. The number of rotatable bonds is 4. The molecule has 2 aliphatic rings. The predicted molar refractivity (Wildman–Crippen MR) is 93.6 cm³/mol. The zero-order valence-electron chi connectivity index (χ0n) is 15.4. The maximum atomic E-state index is 12.6. The van der Waals surface area contributed by atoms with E-state index in [2.05, 4.69) is 48.2 Å². The van der Waals surface area contributed by atoms with E-state index >= 15 is 0 Å². The fourth-order valence-corrected chi connectivity index (χ4v) is 4.63. The van der Waals surface area contributed by atoms with Gasteiger partial charge in [-0.1, -0.05) is 47.0 Å². The summed E-state index contributed by atoms with van der Waals surface area (Å²) in [6.45, 7) is 9.92. The predicted octanol–water partition coefficient (Wildman–Crippen LogP) is 3.43. The lowest BCUT2D eigenvalue weighted by molar-refractivity contribution is -0.0884. The molecule has 1 aliphatic carbocycles. The topological polar surface area (TPSA) is 73.9 Å². The first kappa shape index (κ1) is 17.2. The maximum Gasteiger partial charge on any atom is 0.318 e. The number of hydrogen-bond donors (Lipinski definition) is 2. The molecule has 3 rings (SSSR count). The summed E-state index contributed by atoms with van der Waals surface area (Å²) in [7, 11) is 0. The van der Waals surface area contributed by atoms with Gasteiger partial charge in [-0.3, -0.25) is 5.10 Å². The van der Waals surface area contributed by atoms with Crippen LogP contribution in [0.25, 0.3) is 0 Å². The number of aromatic amines is 1. The van der Waals surface area contributed by atoms with E-state index in [1.807, 2.05) is 4.90 Å². The lowest BCUT2D eigenvalue weighted by Gasteiger charge is -2.61. The van der Waals surface area contributed by atoms with Gasteiger partial charge in [-0.25, -0.2) is 9.78 Å². The van der Waals surface area contributed by atoms with Gasteiger partial charge in [-0.15, -0.1) is 0 Å². The van der Waals surface area contributed by atoms with E-state index in [0.29, 0.717) is 23.9 Å². The van der Waals surface area contributed by atoms with Crippen molar-refractivity contribution in [3.63, 3.8) is 0 Å². The van der Waals surface area contributed by atoms with Crippen molar-refractivity contribution in [2.45, 2.75) is 78.3 Å². The van der Waals surface area contributed by atoms with Gasteiger partial charge < -0.3 is 10.2 Å². The van der Waals surface area contributed by atoms with Crippen molar-refractivity contribution in [1.82, 2.24) is 25.4 Å². The number of H-pyrrole nitrogens is 1. The van der Waals surface area contributed by atoms with E-state index in [1.54, 1.807) is 0 Å². The molecule has 1 saturated heterocycles. The van der Waals surface area contributed by atoms with Gasteiger partial charge in [0.05, 0.1) is 6.54 Å². The highest BCUT2D eigenvalue weighted by atomic mass is 16.2. The third-order valence-electron chi connectivity index (χ3n) is 5.66. The summed E-state index contributed by atoms with van der Waals surface area (Å²) >= 11 is 0. The first-order chi connectivity index (χ1) is 11.4. The van der Waals surface area contributed by atoms with E-state index < -0.39 is 0 Å². The van der Waals surface area contributed by atoms with Crippen molar-refractivity contribution in [3.8, 4) is 0 Å². The molecule has 134 valence electrons. The lowest BCUT2D eigenvalue weighted by atomic mass is 9.60. The highest BCUT2D eigenvalue weighted by molar-refractivity contribution is 5.76. The normalized spacial score (nSPS) is 22.9. The largest absolute Gasteiger partial charge is 0.331 e. The van der Waals surface area contributed by atoms with Crippen LogP contribution in [0.5, 0.6) is 0 Å². The minimum absolute atomic E-state index is 0.0346. The van der Waals surface area contributed by atoms with Crippen LogP contribution in [-0.4, -0.2) is 38.7 Å². The molecule has 0 aromatic carbocycles. The van der Waals surface area contributed by atoms with Crippen LogP contribution in [-0.2, 0) is 6.54 Å². The molecule has 2 fully saturated rings. The van der Waals surface area contributed by atoms with Crippen LogP contribution in [0, 0.1) is 11.3 Å². The Kier molecular flexibility index (Phi) is 4.83. The summed E-state index contributed by atoms with van der Waals surface area (Å²) in [6.07, 6.45) is 6.53. The number of carbonyl (C=O) groups is 1. The van der Waals surface area contributed by atoms with Crippen LogP contribution in [0.1, 0.15) is 77.4 Å². The average Bonchev–Trinajstić information content (AvgIpc) is 3.00. The SMILES string of the molecule is CC(C)c1n[nH]c(CNC(=O)N2CC3(CCCCC3)C2C(C)C)n1. The molecule has 6 heteroatoms. The van der Waals surface area contributed by atoms with Gasteiger partial charge in [0.1, 0.15) is 5.82 Å². The first-order valence-corrected chi connectivity index (χ1v) is 9.38. The van der Waals surface area contributed by atoms with E-state index in [4.69, 9.17) is 0 Å². The van der Waals surface area contributed by atoms with Crippen LogP contribution in [0.2, 0.25) is 0 Å². The first-order valence-electron chi connectivity index (χ1n) is 9.38. The number of urea groups is 1. The fourth-order valence-electron chi connectivity index (χ4n) is 4.63. The minimum Gasteiger partial charge on any atom is -0.331 e. The van der Waals surface area contributed by atoms with Gasteiger partial charge in [-0.2, -0.15) is 5.10 Å². The van der Waals surface area contributed by atoms with Crippen molar-refractivity contribution >= 4 is 6.03 Å². The molecule has 0 radical (unpaired) electrons. The van der Waals surface area contributed by atoms with Crippen LogP contribution in [0.3, 0.4) is 0 Å². The molecule has 1 saturated carbocycles. The standard InChI is InChI=1S/C18H31N5O/c1-12(2)15-18(8-6-5-7-9-18)11-23(15)17(24)19-10-14-20-16(13(3)4)22-21-14/h12-13,15H,5-11H2,1-4H3,(H,19,24)(H,20,21,22). The molecule has 1 atom stereocenters. The van der Waals surface area contributed by atoms with E-state index in [-0.39, 0.29) is 11.9 Å². The quantitative estimate of drug-likeness (QED) is 0.886. The Labute approximate surface area is 144 Å². The Balaban J connectivity index is 1.58. The molecule has 2 heterocycles. The summed E-state index contributed by atoms with van der Waals surface area (Å²) in [5.41, 5.74) is 0.376. The van der Waals surface area contributed by atoms with Gasteiger partial charge in [-0.05, 0) is 18.8 Å². The molecule has 1 aliphatic heterocycles. The Bertz CT molecular complexity index is 574. The summed E-state index contributed by atoms with van der Waals surface area (Å²) in [4.78, 5) is 19.1. The number of aromatic nitrogens is 3. The molecule has 1 spiro atoms. The molecule has 0 bridgehead atoms. The van der Waals surface area contributed by atoms with Gasteiger partial charge >= 0.3 is 6.03 Å². The third-order valence-corrected chi connectivity index (χ3v) is 5.66. The number of likely N-dealkylation sites (tertiary alicyclic amines) is 1. The van der Waals surface area contributed by atoms with E-state index in [1.165, 1.54) is 32.1 Å². The number of nitrogens with one attached hydrogen (secondary N) is 2. The Hall–Kier alpha value is -1.59. The molecule has 1 unspecified atom stereocenters. The van der Waals surface area contributed by atoms with Crippen LogP contribution in [0.4, 0.5) is 4.79 Å². The second-order valence-corrected chi connectivity index (χ2v) is 8.19. The van der Waals surface area contributed by atoms with Gasteiger partial charge in [0, 0.05) is 23.9 Å². The molecular weight excluding hydrogens is 302 g/mol. The van der Waals surface area contributed by atoms with Gasteiger partial charge in [0.2, 0.25) is 0 Å². The lowest BCUT2D eigenvalue weighted by Crippen LogP contribution is -2.70. The Morgan fingerprint density at radius 3 is 2.58 bits per heavy atom. The van der Waals surface area contributed by atoms with Crippen LogP contribution < -0.4 is 5.32 Å². The molecule has 24 heavy (non-hydrogen) atoms. The minimum atomic E-state index is 0.0346. The number of nitrogens with zero attached hydrogens (tertiary/aromatic N) is 3. The van der Waals surface area contributed by atoms with Crippen LogP contribution >= 0.6 is 0 Å². The zero-order chi connectivity index (χ0) is 17.3. The van der Waals surface area contributed by atoms with E-state index in [9.17, 15) is 4.79 Å². The van der Waals surface area contributed by atoms with Crippen molar-refractivity contribution in [2.24, 2.45) is 11.3 Å². The molecule has 6 nitrogen and oxygen atoms in total. The summed E-state index contributed by atoms with van der Waals surface area (Å²) in [6, 6.07) is 0.408. The maximum absolute atomic E-state index is 12.6. The molecule has 2 N–H and O–H groups in total. The summed E-state index contributed by atoms with van der Waals surface area (Å²) in [5, 5.41) is 10.1. The molecule has 1 aromatic heterocycles. The van der Waals surface area contributed by atoms with Crippen molar-refractivity contribution < 1.29 is 4.79 Å². The molecule has 1 aromatic rings. The van der Waals surface area contributed by atoms with Gasteiger partial charge in [0.25, 0.3) is 0 Å². The zero-order valence-corrected chi connectivity index (χ0v) is 15.4. The van der Waals surface area contributed by atoms with Crippen molar-refractivity contribution in [2.75, 3.05) is 6.54 Å². The second-order valence-electron chi connectivity index (χ2n) is 8.19. The Morgan fingerprint density at radius 1 is 1.29 bits per heavy atom. The Morgan fingerprint density at radius 2 is 2.00 bits per heavy atom. The second kappa shape index (κ2) is 6.73. The van der Waals surface area contributed by atoms with Gasteiger partial charge in [0.15, 0.2) is 5.82 Å². The third kappa shape index (κ3) is 3.15. The van der Waals surface area contributed by atoms with Crippen molar-refractivity contribution in [1.29, 1.82) is 0 Å². The fraction of sp³-hybridized carbons (Fsp3) is 0.833. The average molecular weight is 333 g/mol. The number of hydrogen-bond acceptors (Lipinski definition) is 3. The number of amides is 2. The van der Waals surface area contributed by atoms with Crippen molar-refractivity contribution in [3.05, 3.63) is 11.6 Å². The highest BCUT2D eigenvalue weighted by Gasteiger charge is 2.55. The summed E-state index contributed by atoms with van der Waals surface area (Å²) in [5.74, 6) is 2.31. The van der Waals surface area contributed by atoms with E-state index in [0.717, 1.165) is 18.2 Å². The molecule has 2 amide bonds. The monoisotopic (exact) mass is 333 g/mol.